The van der Waals surface area contributed by atoms with Crippen molar-refractivity contribution in [1.82, 2.24) is 18.8 Å². The molecule has 0 aliphatic carbocycles. The quantitative estimate of drug-likeness (QED) is 0.753. The lowest BCUT2D eigenvalue weighted by atomic mass is 9.96. The zero-order chi connectivity index (χ0) is 19.6. The number of piperidine rings is 1. The molecule has 1 N–H and O–H groups in total. The summed E-state index contributed by atoms with van der Waals surface area (Å²) in [4.78, 5) is 28.9. The number of carboxylic acid groups (broad SMARTS) is 1. The van der Waals surface area contributed by atoms with Gasteiger partial charge in [-0.1, -0.05) is 6.92 Å². The van der Waals surface area contributed by atoms with Crippen molar-refractivity contribution in [2.45, 2.75) is 31.7 Å². The molecule has 0 saturated carbocycles. The maximum atomic E-state index is 12.7. The van der Waals surface area contributed by atoms with Crippen LogP contribution in [0.5, 0.6) is 0 Å². The predicted octanol–water partition coefficient (Wildman–Crippen LogP) is 0.308. The largest absolute Gasteiger partial charge is 0.481 e. The Bertz CT molecular complexity index is 761. The lowest BCUT2D eigenvalue weighted by Crippen LogP contribution is -2.44. The van der Waals surface area contributed by atoms with Crippen LogP contribution in [0, 0.1) is 18.8 Å². The second-order valence-corrected chi connectivity index (χ2v) is 8.76. The van der Waals surface area contributed by atoms with E-state index in [-0.39, 0.29) is 36.5 Å². The Hall–Kier alpha value is -1.94. The molecular weight excluding hydrogens is 360 g/mol. The molecule has 2 heterocycles. The van der Waals surface area contributed by atoms with E-state index in [1.165, 1.54) is 15.4 Å². The molecule has 10 heteroatoms. The summed E-state index contributed by atoms with van der Waals surface area (Å²) in [6.07, 6.45) is 2.31. The van der Waals surface area contributed by atoms with Crippen LogP contribution in [-0.4, -0.2) is 70.8 Å². The van der Waals surface area contributed by atoms with Gasteiger partial charge in [-0.05, 0) is 19.8 Å². The fourth-order valence-electron chi connectivity index (χ4n) is 3.02. The molecule has 1 aromatic heterocycles. The molecule has 1 saturated heterocycles. The number of rotatable bonds is 6. The zero-order valence-electron chi connectivity index (χ0n) is 15.5. The van der Waals surface area contributed by atoms with Gasteiger partial charge in [-0.3, -0.25) is 9.59 Å². The van der Waals surface area contributed by atoms with Gasteiger partial charge in [0.1, 0.15) is 5.82 Å². The summed E-state index contributed by atoms with van der Waals surface area (Å²) in [5.74, 6) is -1.41. The number of hydrogen-bond donors (Lipinski definition) is 1. The summed E-state index contributed by atoms with van der Waals surface area (Å²) < 4.78 is 28.4. The molecule has 2 rings (SSSR count). The van der Waals surface area contributed by atoms with Crippen molar-refractivity contribution >= 4 is 21.9 Å². The third kappa shape index (κ3) is 4.24. The van der Waals surface area contributed by atoms with Crippen molar-refractivity contribution in [3.05, 3.63) is 12.0 Å². The van der Waals surface area contributed by atoms with Crippen molar-refractivity contribution in [3.63, 3.8) is 0 Å². The van der Waals surface area contributed by atoms with E-state index >= 15 is 0 Å². The van der Waals surface area contributed by atoms with Crippen LogP contribution in [0.3, 0.4) is 0 Å². The van der Waals surface area contributed by atoms with Crippen molar-refractivity contribution in [2.75, 3.05) is 26.7 Å². The highest BCUT2D eigenvalue weighted by Crippen LogP contribution is 2.24. The minimum absolute atomic E-state index is 0.0228. The average Bonchev–Trinajstić information content (AvgIpc) is 2.94. The Morgan fingerprint density at radius 3 is 2.42 bits per heavy atom. The minimum Gasteiger partial charge on any atom is -0.481 e. The van der Waals surface area contributed by atoms with Crippen LogP contribution >= 0.6 is 0 Å². The monoisotopic (exact) mass is 386 g/mol. The van der Waals surface area contributed by atoms with Crippen molar-refractivity contribution in [2.24, 2.45) is 18.9 Å². The maximum absolute atomic E-state index is 12.7. The molecule has 1 aliphatic heterocycles. The average molecular weight is 386 g/mol. The van der Waals surface area contributed by atoms with Gasteiger partial charge in [-0.25, -0.2) is 13.4 Å². The van der Waals surface area contributed by atoms with Crippen LogP contribution in [0.25, 0.3) is 0 Å². The number of sulfonamides is 1. The number of aromatic nitrogens is 2. The number of aryl methyl sites for hydroxylation is 2. The van der Waals surface area contributed by atoms with Gasteiger partial charge in [0.25, 0.3) is 10.0 Å². The van der Waals surface area contributed by atoms with Crippen LogP contribution in [-0.2, 0) is 26.7 Å². The van der Waals surface area contributed by atoms with Gasteiger partial charge in [0, 0.05) is 45.8 Å². The summed E-state index contributed by atoms with van der Waals surface area (Å²) in [6.45, 7) is 3.92. The molecule has 0 spiro atoms. The number of amides is 1. The maximum Gasteiger partial charge on any atom is 0.308 e. The fourth-order valence-corrected chi connectivity index (χ4v) is 4.51. The van der Waals surface area contributed by atoms with Crippen LogP contribution < -0.4 is 0 Å². The normalized spacial score (nSPS) is 17.8. The SMILES string of the molecule is Cc1nc(S(=O)(=O)N2CCC(C(=O)N(C)CC(C)C(=O)O)CC2)cn1C. The Labute approximate surface area is 153 Å². The first-order chi connectivity index (χ1) is 12.0. The Kier molecular flexibility index (Phi) is 6.07. The van der Waals surface area contributed by atoms with Crippen molar-refractivity contribution < 1.29 is 23.1 Å². The highest BCUT2D eigenvalue weighted by Gasteiger charge is 2.34. The van der Waals surface area contributed by atoms with Crippen molar-refractivity contribution in [1.29, 1.82) is 0 Å². The predicted molar refractivity (Wildman–Crippen MR) is 93.9 cm³/mol. The van der Waals surface area contributed by atoms with E-state index in [1.54, 1.807) is 32.5 Å². The zero-order valence-corrected chi connectivity index (χ0v) is 16.4. The highest BCUT2D eigenvalue weighted by molar-refractivity contribution is 7.89. The van der Waals surface area contributed by atoms with Crippen LogP contribution in [0.15, 0.2) is 11.2 Å². The molecule has 1 amide bonds. The van der Waals surface area contributed by atoms with Gasteiger partial charge in [0.15, 0.2) is 5.03 Å². The fraction of sp³-hybridized carbons (Fsp3) is 0.688. The third-order valence-corrected chi connectivity index (χ3v) is 6.61. The van der Waals surface area contributed by atoms with E-state index in [4.69, 9.17) is 5.11 Å². The van der Waals surface area contributed by atoms with E-state index in [2.05, 4.69) is 4.98 Å². The minimum atomic E-state index is -3.66. The van der Waals surface area contributed by atoms with Gasteiger partial charge in [-0.2, -0.15) is 4.31 Å². The molecule has 0 radical (unpaired) electrons. The van der Waals surface area contributed by atoms with Crippen molar-refractivity contribution in [3.8, 4) is 0 Å². The molecule has 0 bridgehead atoms. The highest BCUT2D eigenvalue weighted by atomic mass is 32.2. The van der Waals surface area contributed by atoms with Gasteiger partial charge in [0.2, 0.25) is 5.91 Å². The topological polar surface area (TPSA) is 113 Å². The van der Waals surface area contributed by atoms with Gasteiger partial charge >= 0.3 is 5.97 Å². The molecule has 1 fully saturated rings. The second-order valence-electron chi connectivity index (χ2n) is 6.87. The number of carbonyl (C=O) groups is 2. The summed E-state index contributed by atoms with van der Waals surface area (Å²) in [6, 6.07) is 0. The molecule has 9 nitrogen and oxygen atoms in total. The summed E-state index contributed by atoms with van der Waals surface area (Å²) >= 11 is 0. The van der Waals surface area contributed by atoms with E-state index < -0.39 is 21.9 Å². The Morgan fingerprint density at radius 1 is 1.38 bits per heavy atom. The lowest BCUT2D eigenvalue weighted by Gasteiger charge is -2.32. The number of carbonyl (C=O) groups excluding carboxylic acids is 1. The van der Waals surface area contributed by atoms with Gasteiger partial charge in [-0.15, -0.1) is 0 Å². The van der Waals surface area contributed by atoms with Crippen LogP contribution in [0.4, 0.5) is 0 Å². The molecule has 1 unspecified atom stereocenters. The molecule has 1 atom stereocenters. The number of aliphatic carboxylic acids is 1. The Morgan fingerprint density at radius 2 is 1.96 bits per heavy atom. The molecule has 1 aromatic rings. The molecule has 0 aromatic carbocycles. The van der Waals surface area contributed by atoms with E-state index in [1.807, 2.05) is 0 Å². The number of nitrogens with zero attached hydrogens (tertiary/aromatic N) is 4. The van der Waals surface area contributed by atoms with E-state index in [0.717, 1.165) is 0 Å². The van der Waals surface area contributed by atoms with Crippen LogP contribution in [0.1, 0.15) is 25.6 Å². The third-order valence-electron chi connectivity index (χ3n) is 4.84. The first-order valence-corrected chi connectivity index (χ1v) is 9.96. The smallest absolute Gasteiger partial charge is 0.308 e. The number of imidazole rings is 1. The summed E-state index contributed by atoms with van der Waals surface area (Å²) in [5, 5.41) is 8.98. The first-order valence-electron chi connectivity index (χ1n) is 8.52. The van der Waals surface area contributed by atoms with Gasteiger partial charge < -0.3 is 14.6 Å². The Balaban J connectivity index is 1.98. The summed E-state index contributed by atoms with van der Waals surface area (Å²) in [7, 11) is -0.343. The second kappa shape index (κ2) is 7.75. The van der Waals surface area contributed by atoms with E-state index in [0.29, 0.717) is 18.7 Å². The molecule has 1 aliphatic rings. The molecule has 26 heavy (non-hydrogen) atoms. The lowest BCUT2D eigenvalue weighted by molar-refractivity contribution is -0.143. The standard InChI is InChI=1S/C16H26N4O5S/c1-11(16(22)23)9-19(4)15(21)13-5-7-20(8-6-13)26(24,25)14-10-18(3)12(2)17-14/h10-11,13H,5-9H2,1-4H3,(H,22,23). The number of hydrogen-bond acceptors (Lipinski definition) is 5. The van der Waals surface area contributed by atoms with Gasteiger partial charge in [0.05, 0.1) is 5.92 Å². The van der Waals surface area contributed by atoms with E-state index in [9.17, 15) is 18.0 Å². The van der Waals surface area contributed by atoms with Crippen LogP contribution in [0.2, 0.25) is 0 Å². The summed E-state index contributed by atoms with van der Waals surface area (Å²) in [5.41, 5.74) is 0. The number of carboxylic acids is 1. The molecular formula is C16H26N4O5S. The first kappa shape index (κ1) is 20.4. The molecule has 146 valence electrons.